The van der Waals surface area contributed by atoms with Crippen molar-refractivity contribution in [3.63, 3.8) is 0 Å². The molecule has 0 amide bonds. The summed E-state index contributed by atoms with van der Waals surface area (Å²) in [6.07, 6.45) is 0. The number of fused-ring (bicyclic) bond motifs is 2. The van der Waals surface area contributed by atoms with Crippen LogP contribution in [0.5, 0.6) is 0 Å². The maximum absolute atomic E-state index is 3.58. The average molecular weight is 619 g/mol. The Kier molecular flexibility index (Phi) is 7.42. The molecule has 0 bridgehead atoms. The predicted molar refractivity (Wildman–Crippen MR) is 211 cm³/mol. The van der Waals surface area contributed by atoms with Crippen LogP contribution in [-0.4, -0.2) is 7.05 Å². The molecule has 0 spiro atoms. The van der Waals surface area contributed by atoms with Crippen molar-refractivity contribution in [1.82, 2.24) is 0 Å². The fourth-order valence-corrected chi connectivity index (χ4v) is 7.57. The number of rotatable bonds is 5. The molecule has 0 atom stereocenters. The third-order valence-corrected chi connectivity index (χ3v) is 9.55. The maximum atomic E-state index is 3.58. The molecule has 0 saturated heterocycles. The Morgan fingerprint density at radius 1 is 0.417 bits per heavy atom. The summed E-state index contributed by atoms with van der Waals surface area (Å²) < 4.78 is 0. The van der Waals surface area contributed by atoms with Crippen molar-refractivity contribution in [3.8, 4) is 22.3 Å². The lowest BCUT2D eigenvalue weighted by molar-refractivity contribution is 1.48. The molecule has 0 unspecified atom stereocenters. The van der Waals surface area contributed by atoms with Gasteiger partial charge in [0, 0.05) is 12.7 Å². The second kappa shape index (κ2) is 12.1. The first-order valence-electron chi connectivity index (χ1n) is 16.9. The van der Waals surface area contributed by atoms with Gasteiger partial charge in [-0.3, -0.25) is 0 Å². The van der Waals surface area contributed by atoms with Crippen LogP contribution in [0, 0.1) is 6.92 Å². The third-order valence-electron chi connectivity index (χ3n) is 9.55. The van der Waals surface area contributed by atoms with E-state index >= 15 is 0 Å². The van der Waals surface area contributed by atoms with Gasteiger partial charge in [-0.05, 0) is 125 Å². The highest BCUT2D eigenvalue weighted by Crippen LogP contribution is 2.46. The summed E-state index contributed by atoms with van der Waals surface area (Å²) in [7, 11) is 1.95. The lowest BCUT2D eigenvalue weighted by atomic mass is 9.84. The van der Waals surface area contributed by atoms with Crippen LogP contribution in [0.3, 0.4) is 0 Å². The Bertz CT molecular complexity index is 2470. The Labute approximate surface area is 282 Å². The molecule has 0 aliphatic carbocycles. The van der Waals surface area contributed by atoms with E-state index in [1.165, 1.54) is 81.7 Å². The lowest BCUT2D eigenvalue weighted by Gasteiger charge is -2.19. The van der Waals surface area contributed by atoms with Gasteiger partial charge in [0.1, 0.15) is 0 Å². The molecule has 0 radical (unpaired) electrons. The number of hydrogen-bond acceptors (Lipinski definition) is 2. The summed E-state index contributed by atoms with van der Waals surface area (Å²) in [5.74, 6) is 0. The van der Waals surface area contributed by atoms with Crippen LogP contribution < -0.4 is 10.6 Å². The quantitative estimate of drug-likeness (QED) is 0.148. The van der Waals surface area contributed by atoms with Gasteiger partial charge in [0.25, 0.3) is 0 Å². The van der Waals surface area contributed by atoms with Crippen molar-refractivity contribution in [1.29, 1.82) is 0 Å². The summed E-state index contributed by atoms with van der Waals surface area (Å²) in [6.45, 7) is 6.18. The Hall–Kier alpha value is -5.86. The average Bonchev–Trinajstić information content (AvgIpc) is 3.14. The zero-order valence-electron chi connectivity index (χ0n) is 27.9. The highest BCUT2D eigenvalue weighted by Gasteiger charge is 2.18. The van der Waals surface area contributed by atoms with E-state index in [2.05, 4.69) is 157 Å². The molecule has 0 aromatic heterocycles. The largest absolute Gasteiger partial charge is 0.386 e. The van der Waals surface area contributed by atoms with Crippen LogP contribution in [0.25, 0.3) is 76.1 Å². The monoisotopic (exact) mass is 618 g/mol. The first-order valence-corrected chi connectivity index (χ1v) is 16.9. The number of hydrogen-bond donors (Lipinski definition) is 2. The minimum atomic E-state index is 1.06. The van der Waals surface area contributed by atoms with Gasteiger partial charge in [-0.2, -0.15) is 0 Å². The van der Waals surface area contributed by atoms with E-state index in [9.17, 15) is 0 Å². The van der Waals surface area contributed by atoms with Gasteiger partial charge >= 0.3 is 0 Å². The van der Waals surface area contributed by atoms with Crippen LogP contribution in [0.1, 0.15) is 19.4 Å². The second-order valence-corrected chi connectivity index (χ2v) is 12.4. The topological polar surface area (TPSA) is 24.1 Å². The van der Waals surface area contributed by atoms with E-state index in [0.717, 1.165) is 17.1 Å². The van der Waals surface area contributed by atoms with E-state index in [0.29, 0.717) is 0 Å². The SMILES string of the molecule is CC.CNc1ccccc1Nc1ccc(-c2c3ccccc3c(-c3cc4ccc5cc(C)cc6ccc(c3)c4c56)c3ccccc23)cc1. The molecule has 9 rings (SSSR count). The molecule has 48 heavy (non-hydrogen) atoms. The van der Waals surface area contributed by atoms with Crippen LogP contribution in [-0.2, 0) is 0 Å². The molecule has 9 aromatic carbocycles. The predicted octanol–water partition coefficient (Wildman–Crippen LogP) is 13.3. The molecule has 9 aromatic rings. The molecule has 0 heterocycles. The first-order chi connectivity index (χ1) is 23.7. The Morgan fingerprint density at radius 2 is 0.833 bits per heavy atom. The Balaban J connectivity index is 0.00000165. The summed E-state index contributed by atoms with van der Waals surface area (Å²) >= 11 is 0. The molecular weight excluding hydrogens is 581 g/mol. The van der Waals surface area contributed by atoms with E-state index in [-0.39, 0.29) is 0 Å². The molecule has 0 aliphatic rings. The molecule has 0 saturated carbocycles. The number of para-hydroxylation sites is 2. The molecule has 232 valence electrons. The number of aryl methyl sites for hydroxylation is 1. The standard InChI is InChI=1S/C44H32N2.C2H6/c1-27-23-29-15-17-31-25-33(26-32-18-16-30(24-27)41(29)42(31)32)44-37-11-5-3-9-35(37)43(36-10-4-6-12-38(36)44)28-19-21-34(22-20-28)46-40-14-8-7-13-39(40)45-2;1-2/h3-26,45-46H,1-2H3;1-2H3. The lowest BCUT2D eigenvalue weighted by Crippen LogP contribution is -1.96. The van der Waals surface area contributed by atoms with Gasteiger partial charge in [0.15, 0.2) is 0 Å². The van der Waals surface area contributed by atoms with Gasteiger partial charge in [0.2, 0.25) is 0 Å². The summed E-state index contributed by atoms with van der Waals surface area (Å²) in [5.41, 5.74) is 9.50. The first kappa shape index (κ1) is 29.5. The van der Waals surface area contributed by atoms with Crippen molar-refractivity contribution < 1.29 is 0 Å². The van der Waals surface area contributed by atoms with Crippen molar-refractivity contribution in [2.75, 3.05) is 17.7 Å². The zero-order chi connectivity index (χ0) is 32.8. The zero-order valence-corrected chi connectivity index (χ0v) is 27.9. The molecule has 0 aliphatic heterocycles. The van der Waals surface area contributed by atoms with Gasteiger partial charge in [-0.25, -0.2) is 0 Å². The third kappa shape index (κ3) is 4.80. The van der Waals surface area contributed by atoms with E-state index in [4.69, 9.17) is 0 Å². The molecule has 0 fully saturated rings. The van der Waals surface area contributed by atoms with Crippen molar-refractivity contribution in [2.45, 2.75) is 20.8 Å². The summed E-state index contributed by atoms with van der Waals surface area (Å²) in [5, 5.41) is 19.8. The molecule has 2 N–H and O–H groups in total. The van der Waals surface area contributed by atoms with E-state index in [1.807, 2.05) is 27.0 Å². The van der Waals surface area contributed by atoms with Gasteiger partial charge < -0.3 is 10.6 Å². The van der Waals surface area contributed by atoms with Gasteiger partial charge in [-0.15, -0.1) is 0 Å². The smallest absolute Gasteiger partial charge is 0.0619 e. The number of anilines is 3. The maximum Gasteiger partial charge on any atom is 0.0619 e. The minimum absolute atomic E-state index is 1.06. The fraction of sp³-hybridized carbons (Fsp3) is 0.0870. The van der Waals surface area contributed by atoms with Crippen molar-refractivity contribution in [2.24, 2.45) is 0 Å². The normalized spacial score (nSPS) is 11.3. The summed E-state index contributed by atoms with van der Waals surface area (Å²) in [6, 6.07) is 53.5. The van der Waals surface area contributed by atoms with Crippen molar-refractivity contribution >= 4 is 70.9 Å². The highest BCUT2D eigenvalue weighted by molar-refractivity contribution is 6.26. The van der Waals surface area contributed by atoms with E-state index in [1.54, 1.807) is 0 Å². The summed E-state index contributed by atoms with van der Waals surface area (Å²) in [4.78, 5) is 0. The van der Waals surface area contributed by atoms with Gasteiger partial charge in [0.05, 0.1) is 11.4 Å². The Morgan fingerprint density at radius 3 is 1.31 bits per heavy atom. The van der Waals surface area contributed by atoms with Gasteiger partial charge in [-0.1, -0.05) is 123 Å². The fourth-order valence-electron chi connectivity index (χ4n) is 7.57. The highest BCUT2D eigenvalue weighted by atomic mass is 14.9. The van der Waals surface area contributed by atoms with E-state index < -0.39 is 0 Å². The molecular formula is C46H38N2. The second-order valence-electron chi connectivity index (χ2n) is 12.4. The van der Waals surface area contributed by atoms with Crippen LogP contribution in [0.4, 0.5) is 17.1 Å². The molecule has 2 heteroatoms. The molecule has 2 nitrogen and oxygen atoms in total. The minimum Gasteiger partial charge on any atom is -0.386 e. The van der Waals surface area contributed by atoms with Crippen LogP contribution in [0.15, 0.2) is 146 Å². The van der Waals surface area contributed by atoms with Crippen LogP contribution >= 0.6 is 0 Å². The number of nitrogens with one attached hydrogen (secondary N) is 2. The van der Waals surface area contributed by atoms with Crippen LogP contribution in [0.2, 0.25) is 0 Å². The van der Waals surface area contributed by atoms with Crippen molar-refractivity contribution in [3.05, 3.63) is 151 Å². The number of benzene rings is 9.